The van der Waals surface area contributed by atoms with Crippen LogP contribution in [0, 0.1) is 11.7 Å². The third kappa shape index (κ3) is 3.45. The number of nitrogens with one attached hydrogen (secondary N) is 1. The average Bonchev–Trinajstić information content (AvgIpc) is 3.16. The predicted molar refractivity (Wildman–Crippen MR) is 99.8 cm³/mol. The number of hydrogen-bond acceptors (Lipinski definition) is 3. The third-order valence-electron chi connectivity index (χ3n) is 5.96. The topological polar surface area (TPSA) is 52.7 Å². The number of piperidine rings is 1. The average molecular weight is 382 g/mol. The molecule has 0 aliphatic carbocycles. The lowest BCUT2D eigenvalue weighted by Crippen LogP contribution is -2.50. The number of rotatable bonds is 3. The molecule has 3 aliphatic rings. The summed E-state index contributed by atoms with van der Waals surface area (Å²) >= 11 is 0. The number of halogens is 2. The van der Waals surface area contributed by atoms with Crippen LogP contribution in [0.1, 0.15) is 32.1 Å². The van der Waals surface area contributed by atoms with Gasteiger partial charge in [-0.25, -0.2) is 4.39 Å². The van der Waals surface area contributed by atoms with Gasteiger partial charge in [-0.3, -0.25) is 9.59 Å². The zero-order valence-electron chi connectivity index (χ0n) is 14.9. The minimum atomic E-state index is -0.424. The molecule has 0 spiro atoms. The molecule has 0 saturated carbocycles. The summed E-state index contributed by atoms with van der Waals surface area (Å²) < 4.78 is 14.0. The van der Waals surface area contributed by atoms with Gasteiger partial charge in [0.25, 0.3) is 0 Å². The van der Waals surface area contributed by atoms with Crippen molar-refractivity contribution in [3.8, 4) is 0 Å². The van der Waals surface area contributed by atoms with E-state index in [4.69, 9.17) is 0 Å². The molecule has 3 atom stereocenters. The first kappa shape index (κ1) is 19.1. The van der Waals surface area contributed by atoms with Gasteiger partial charge in [-0.1, -0.05) is 12.1 Å². The highest BCUT2D eigenvalue weighted by Gasteiger charge is 2.41. The molecular weight excluding hydrogens is 357 g/mol. The normalized spacial score (nSPS) is 30.2. The maximum Gasteiger partial charge on any atom is 0.228 e. The van der Waals surface area contributed by atoms with Crippen LogP contribution in [0.5, 0.6) is 0 Å². The van der Waals surface area contributed by atoms with Gasteiger partial charge in [-0.05, 0) is 37.8 Å². The smallest absolute Gasteiger partial charge is 0.228 e. The Morgan fingerprint density at radius 3 is 2.54 bits per heavy atom. The number of nitrogens with zero attached hydrogens (tertiary/aromatic N) is 2. The van der Waals surface area contributed by atoms with Gasteiger partial charge in [-0.15, -0.1) is 12.4 Å². The van der Waals surface area contributed by atoms with Crippen LogP contribution in [0.15, 0.2) is 24.3 Å². The summed E-state index contributed by atoms with van der Waals surface area (Å²) in [6.07, 6.45) is 4.50. The molecule has 1 aromatic carbocycles. The molecule has 2 bridgehead atoms. The van der Waals surface area contributed by atoms with Gasteiger partial charge in [0.2, 0.25) is 11.8 Å². The third-order valence-corrected chi connectivity index (χ3v) is 5.96. The first-order valence-corrected chi connectivity index (χ1v) is 9.10. The number of benzene rings is 1. The Labute approximate surface area is 159 Å². The zero-order valence-corrected chi connectivity index (χ0v) is 15.7. The molecule has 4 rings (SSSR count). The second-order valence-electron chi connectivity index (χ2n) is 7.57. The van der Waals surface area contributed by atoms with Gasteiger partial charge in [0.1, 0.15) is 5.82 Å². The van der Waals surface area contributed by atoms with Gasteiger partial charge in [-0.2, -0.15) is 0 Å². The van der Waals surface area contributed by atoms with Crippen LogP contribution in [0.3, 0.4) is 0 Å². The summed E-state index contributed by atoms with van der Waals surface area (Å²) in [5.41, 5.74) is 0.269. The lowest BCUT2D eigenvalue weighted by Gasteiger charge is -2.36. The van der Waals surface area contributed by atoms with Gasteiger partial charge >= 0.3 is 0 Å². The summed E-state index contributed by atoms with van der Waals surface area (Å²) in [6, 6.07) is 7.50. The number of fused-ring (bicyclic) bond motifs is 2. The van der Waals surface area contributed by atoms with Gasteiger partial charge in [0.05, 0.1) is 11.6 Å². The van der Waals surface area contributed by atoms with Crippen LogP contribution in [0.25, 0.3) is 0 Å². The number of carbonyl (C=O) groups is 2. The second kappa shape index (κ2) is 7.53. The van der Waals surface area contributed by atoms with E-state index in [0.29, 0.717) is 12.1 Å². The van der Waals surface area contributed by atoms with Crippen LogP contribution in [-0.2, 0) is 9.59 Å². The summed E-state index contributed by atoms with van der Waals surface area (Å²) in [5, 5.41) is 3.58. The van der Waals surface area contributed by atoms with Crippen LogP contribution >= 0.6 is 12.4 Å². The molecule has 5 nitrogen and oxygen atoms in total. The van der Waals surface area contributed by atoms with Crippen molar-refractivity contribution < 1.29 is 14.0 Å². The van der Waals surface area contributed by atoms with Crippen LogP contribution in [0.2, 0.25) is 0 Å². The number of amides is 2. The van der Waals surface area contributed by atoms with E-state index in [1.807, 2.05) is 11.9 Å². The first-order valence-electron chi connectivity index (χ1n) is 9.10. The second-order valence-corrected chi connectivity index (χ2v) is 7.57. The van der Waals surface area contributed by atoms with Crippen molar-refractivity contribution in [2.75, 3.05) is 18.5 Å². The minimum Gasteiger partial charge on any atom is -0.342 e. The van der Waals surface area contributed by atoms with Crippen molar-refractivity contribution in [2.45, 2.75) is 50.2 Å². The Morgan fingerprint density at radius 2 is 1.88 bits per heavy atom. The highest BCUT2D eigenvalue weighted by atomic mass is 35.5. The molecule has 1 N–H and O–H groups in total. The molecule has 7 heteroatoms. The Balaban J connectivity index is 0.00000196. The van der Waals surface area contributed by atoms with Crippen molar-refractivity contribution in [3.63, 3.8) is 0 Å². The largest absolute Gasteiger partial charge is 0.342 e. The molecule has 26 heavy (non-hydrogen) atoms. The van der Waals surface area contributed by atoms with E-state index in [1.54, 1.807) is 18.2 Å². The fourth-order valence-corrected chi connectivity index (χ4v) is 4.59. The number of carbonyl (C=O) groups excluding carboxylic acids is 2. The molecule has 142 valence electrons. The van der Waals surface area contributed by atoms with Crippen LogP contribution in [-0.4, -0.2) is 48.4 Å². The van der Waals surface area contributed by atoms with Crippen LogP contribution < -0.4 is 10.2 Å². The fourth-order valence-electron chi connectivity index (χ4n) is 4.59. The Bertz CT molecular complexity index is 689. The molecule has 3 fully saturated rings. The maximum absolute atomic E-state index is 14.0. The molecule has 3 aliphatic heterocycles. The van der Waals surface area contributed by atoms with E-state index in [9.17, 15) is 14.0 Å². The standard InChI is InChI=1S/C19H24FN3O2.ClH/c1-22(15-9-13-6-7-14(10-15)21-13)19(25)12-8-18(24)23(11-12)17-5-3-2-4-16(17)20;/h2-5,12-15,21H,6-11H2,1H3;1H. The van der Waals surface area contributed by atoms with Gasteiger partial charge in [0.15, 0.2) is 0 Å². The molecule has 3 heterocycles. The Kier molecular flexibility index (Phi) is 5.53. The Morgan fingerprint density at radius 1 is 1.23 bits per heavy atom. The van der Waals surface area contributed by atoms with Gasteiger partial charge < -0.3 is 15.1 Å². The van der Waals surface area contributed by atoms with Crippen molar-refractivity contribution in [3.05, 3.63) is 30.1 Å². The van der Waals surface area contributed by atoms with Gasteiger partial charge in [0, 0.05) is 38.1 Å². The molecular formula is C19H25ClFN3O2. The first-order chi connectivity index (χ1) is 12.0. The highest BCUT2D eigenvalue weighted by molar-refractivity contribution is 6.00. The highest BCUT2D eigenvalue weighted by Crippen LogP contribution is 2.32. The minimum absolute atomic E-state index is 0. The summed E-state index contributed by atoms with van der Waals surface area (Å²) in [7, 11) is 1.86. The zero-order chi connectivity index (χ0) is 17.6. The van der Waals surface area contributed by atoms with E-state index >= 15 is 0 Å². The van der Waals surface area contributed by atoms with Crippen molar-refractivity contribution >= 4 is 29.9 Å². The molecule has 3 unspecified atom stereocenters. The number of para-hydroxylation sites is 1. The summed E-state index contributed by atoms with van der Waals surface area (Å²) in [6.45, 7) is 0.265. The Hall–Kier alpha value is -1.66. The molecule has 3 saturated heterocycles. The lowest BCUT2D eigenvalue weighted by atomic mass is 9.97. The van der Waals surface area contributed by atoms with E-state index in [2.05, 4.69) is 5.32 Å². The van der Waals surface area contributed by atoms with Crippen molar-refractivity contribution in [1.29, 1.82) is 0 Å². The van der Waals surface area contributed by atoms with E-state index in [1.165, 1.54) is 23.8 Å². The van der Waals surface area contributed by atoms with E-state index in [-0.39, 0.29) is 54.8 Å². The van der Waals surface area contributed by atoms with Crippen molar-refractivity contribution in [1.82, 2.24) is 10.2 Å². The fraction of sp³-hybridized carbons (Fsp3) is 0.579. The maximum atomic E-state index is 14.0. The predicted octanol–water partition coefficient (Wildman–Crippen LogP) is 2.34. The monoisotopic (exact) mass is 381 g/mol. The molecule has 0 radical (unpaired) electrons. The molecule has 0 aromatic heterocycles. The number of anilines is 1. The SMILES string of the molecule is CN(C(=O)C1CC(=O)N(c2ccccc2F)C1)C1CC2CCC(C1)N2.Cl. The van der Waals surface area contributed by atoms with Crippen LogP contribution in [0.4, 0.5) is 10.1 Å². The van der Waals surface area contributed by atoms with E-state index < -0.39 is 5.82 Å². The quantitative estimate of drug-likeness (QED) is 0.874. The summed E-state index contributed by atoms with van der Waals surface area (Å²) in [5.74, 6) is -0.974. The van der Waals surface area contributed by atoms with Crippen molar-refractivity contribution in [2.24, 2.45) is 5.92 Å². The molecule has 1 aromatic rings. The lowest BCUT2D eigenvalue weighted by molar-refractivity contribution is -0.137. The summed E-state index contributed by atoms with van der Waals surface area (Å²) in [4.78, 5) is 28.5. The molecule has 2 amide bonds. The van der Waals surface area contributed by atoms with E-state index in [0.717, 1.165) is 12.8 Å². The number of hydrogen-bond donors (Lipinski definition) is 1.